The molecule has 3 amide bonds. The summed E-state index contributed by atoms with van der Waals surface area (Å²) < 4.78 is 0. The van der Waals surface area contributed by atoms with Gasteiger partial charge in [-0.15, -0.1) is 24.8 Å². The number of carbonyl (C=O) groups is 3. The van der Waals surface area contributed by atoms with Crippen LogP contribution in [-0.4, -0.2) is 39.7 Å². The van der Waals surface area contributed by atoms with Crippen LogP contribution in [0.3, 0.4) is 0 Å². The molecule has 0 bridgehead atoms. The van der Waals surface area contributed by atoms with Gasteiger partial charge in [-0.1, -0.05) is 13.8 Å². The number of rotatable bonds is 7. The summed E-state index contributed by atoms with van der Waals surface area (Å²) in [6, 6.07) is 8.08. The van der Waals surface area contributed by atoms with Crippen molar-refractivity contribution in [3.8, 4) is 0 Å². The van der Waals surface area contributed by atoms with Gasteiger partial charge < -0.3 is 11.1 Å². The fourth-order valence-corrected chi connectivity index (χ4v) is 3.10. The second-order valence-corrected chi connectivity index (χ2v) is 7.06. The number of aromatic nitrogens is 1. The molecule has 1 aliphatic heterocycles. The van der Waals surface area contributed by atoms with Crippen molar-refractivity contribution in [1.29, 1.82) is 0 Å². The molecule has 162 valence electrons. The molecule has 0 aliphatic carbocycles. The second kappa shape index (κ2) is 10.5. The smallest absolute Gasteiger partial charge is 0.261 e. The highest BCUT2D eigenvalue weighted by molar-refractivity contribution is 6.22. The van der Waals surface area contributed by atoms with Crippen LogP contribution in [0.5, 0.6) is 0 Å². The summed E-state index contributed by atoms with van der Waals surface area (Å²) in [5.74, 6) is -1.07. The molecule has 1 aromatic carbocycles. The third-order valence-electron chi connectivity index (χ3n) is 5.33. The Hall–Kier alpha value is -2.48. The fourth-order valence-electron chi connectivity index (χ4n) is 3.10. The average Bonchev–Trinajstić information content (AvgIpc) is 2.97. The van der Waals surface area contributed by atoms with E-state index >= 15 is 0 Å². The Morgan fingerprint density at radius 2 is 1.63 bits per heavy atom. The highest BCUT2D eigenvalue weighted by atomic mass is 35.5. The Balaban J connectivity index is 0.00000225. The maximum atomic E-state index is 12.7. The lowest BCUT2D eigenvalue weighted by molar-refractivity contribution is 0.0642. The summed E-state index contributed by atoms with van der Waals surface area (Å²) in [5, 5.41) is 2.83. The van der Waals surface area contributed by atoms with Crippen LogP contribution in [0.25, 0.3) is 0 Å². The van der Waals surface area contributed by atoms with Crippen LogP contribution in [0, 0.1) is 0 Å². The number of fused-ring (bicyclic) bond motifs is 1. The number of pyridine rings is 1. The standard InChI is InChI=1S/C21H24N4O3.2ClH/c1-3-21(22,4-2)13-24-18(26)15-5-6-16-17(11-15)20(28)25(19(16)27)12-14-7-9-23-10-8-14;;/h5-11H,3-4,12-13,22H2,1-2H3,(H,24,26);2*1H. The van der Waals surface area contributed by atoms with E-state index in [-0.39, 0.29) is 48.7 Å². The maximum absolute atomic E-state index is 12.7. The van der Waals surface area contributed by atoms with Gasteiger partial charge in [0, 0.05) is 30.0 Å². The number of nitrogens with zero attached hydrogens (tertiary/aromatic N) is 2. The lowest BCUT2D eigenvalue weighted by atomic mass is 9.94. The van der Waals surface area contributed by atoms with Crippen LogP contribution in [-0.2, 0) is 6.54 Å². The van der Waals surface area contributed by atoms with Crippen LogP contribution in [0.15, 0.2) is 42.7 Å². The van der Waals surface area contributed by atoms with E-state index in [0.717, 1.165) is 18.4 Å². The van der Waals surface area contributed by atoms with Crippen molar-refractivity contribution in [1.82, 2.24) is 15.2 Å². The third kappa shape index (κ3) is 5.16. The maximum Gasteiger partial charge on any atom is 0.261 e. The predicted octanol–water partition coefficient (Wildman–Crippen LogP) is 2.97. The van der Waals surface area contributed by atoms with Gasteiger partial charge in [-0.25, -0.2) is 0 Å². The first-order valence-electron chi connectivity index (χ1n) is 9.34. The van der Waals surface area contributed by atoms with Gasteiger partial charge >= 0.3 is 0 Å². The van der Waals surface area contributed by atoms with Crippen LogP contribution in [0.1, 0.15) is 63.3 Å². The first kappa shape index (κ1) is 25.6. The van der Waals surface area contributed by atoms with Crippen molar-refractivity contribution in [2.75, 3.05) is 6.54 Å². The number of hydrogen-bond acceptors (Lipinski definition) is 5. The Bertz CT molecular complexity index is 918. The summed E-state index contributed by atoms with van der Waals surface area (Å²) in [6.45, 7) is 4.47. The molecule has 2 heterocycles. The molecule has 0 saturated carbocycles. The van der Waals surface area contributed by atoms with E-state index in [1.165, 1.54) is 17.0 Å². The van der Waals surface area contributed by atoms with E-state index in [0.29, 0.717) is 17.7 Å². The lowest BCUT2D eigenvalue weighted by Gasteiger charge is -2.26. The summed E-state index contributed by atoms with van der Waals surface area (Å²) >= 11 is 0. The van der Waals surface area contributed by atoms with Crippen molar-refractivity contribution in [3.63, 3.8) is 0 Å². The van der Waals surface area contributed by atoms with Gasteiger partial charge in [0.2, 0.25) is 0 Å². The normalized spacial score (nSPS) is 12.7. The number of carbonyl (C=O) groups excluding carboxylic acids is 3. The molecule has 3 rings (SSSR count). The minimum absolute atomic E-state index is 0. The molecule has 0 unspecified atom stereocenters. The van der Waals surface area contributed by atoms with Gasteiger partial charge in [0.25, 0.3) is 17.7 Å². The van der Waals surface area contributed by atoms with Crippen molar-refractivity contribution >= 4 is 42.5 Å². The summed E-state index contributed by atoms with van der Waals surface area (Å²) in [5.41, 5.74) is 7.46. The number of amides is 3. The molecular weight excluding hydrogens is 427 g/mol. The van der Waals surface area contributed by atoms with E-state index < -0.39 is 11.4 Å². The van der Waals surface area contributed by atoms with Gasteiger partial charge in [0.15, 0.2) is 0 Å². The van der Waals surface area contributed by atoms with E-state index in [1.54, 1.807) is 30.6 Å². The molecule has 1 aliphatic rings. The molecular formula is C21H26Cl2N4O3. The summed E-state index contributed by atoms with van der Waals surface area (Å²) in [4.78, 5) is 42.9. The van der Waals surface area contributed by atoms with Crippen LogP contribution >= 0.6 is 24.8 Å². The van der Waals surface area contributed by atoms with Crippen molar-refractivity contribution in [2.24, 2.45) is 5.73 Å². The lowest BCUT2D eigenvalue weighted by Crippen LogP contribution is -2.49. The molecule has 9 heteroatoms. The van der Waals surface area contributed by atoms with Crippen LogP contribution < -0.4 is 11.1 Å². The Kier molecular flexibility index (Phi) is 8.96. The molecule has 7 nitrogen and oxygen atoms in total. The monoisotopic (exact) mass is 452 g/mol. The van der Waals surface area contributed by atoms with E-state index in [4.69, 9.17) is 5.73 Å². The van der Waals surface area contributed by atoms with Crippen molar-refractivity contribution in [3.05, 3.63) is 65.0 Å². The molecule has 0 radical (unpaired) electrons. The summed E-state index contributed by atoms with van der Waals surface area (Å²) in [7, 11) is 0. The fraction of sp³-hybridized carbons (Fsp3) is 0.333. The Labute approximate surface area is 188 Å². The molecule has 0 spiro atoms. The molecule has 0 atom stereocenters. The number of hydrogen-bond donors (Lipinski definition) is 2. The first-order valence-corrected chi connectivity index (χ1v) is 9.34. The SMILES string of the molecule is CCC(N)(CC)CNC(=O)c1ccc2c(c1)C(=O)N(Cc1ccncc1)C2=O.Cl.Cl. The zero-order chi connectivity index (χ0) is 20.3. The number of nitrogens with two attached hydrogens (primary N) is 1. The quantitative estimate of drug-likeness (QED) is 0.628. The number of benzene rings is 1. The van der Waals surface area contributed by atoms with Gasteiger partial charge in [0.1, 0.15) is 0 Å². The average molecular weight is 453 g/mol. The van der Waals surface area contributed by atoms with Gasteiger partial charge in [-0.05, 0) is 48.7 Å². The highest BCUT2D eigenvalue weighted by Crippen LogP contribution is 2.25. The molecule has 0 saturated heterocycles. The zero-order valence-electron chi connectivity index (χ0n) is 16.9. The molecule has 1 aromatic heterocycles. The number of imide groups is 1. The van der Waals surface area contributed by atoms with Gasteiger partial charge in [0.05, 0.1) is 17.7 Å². The first-order chi connectivity index (χ1) is 13.4. The minimum atomic E-state index is -0.459. The van der Waals surface area contributed by atoms with Crippen LogP contribution in [0.4, 0.5) is 0 Å². The Morgan fingerprint density at radius 1 is 1.03 bits per heavy atom. The molecule has 3 N–H and O–H groups in total. The Morgan fingerprint density at radius 3 is 2.23 bits per heavy atom. The second-order valence-electron chi connectivity index (χ2n) is 7.06. The summed E-state index contributed by atoms with van der Waals surface area (Å²) in [6.07, 6.45) is 4.70. The third-order valence-corrected chi connectivity index (χ3v) is 5.33. The molecule has 2 aromatic rings. The molecule has 0 fully saturated rings. The number of nitrogens with one attached hydrogen (secondary N) is 1. The van der Waals surface area contributed by atoms with E-state index in [9.17, 15) is 14.4 Å². The molecule has 30 heavy (non-hydrogen) atoms. The van der Waals surface area contributed by atoms with Gasteiger partial charge in [-0.3, -0.25) is 24.3 Å². The topological polar surface area (TPSA) is 105 Å². The van der Waals surface area contributed by atoms with Gasteiger partial charge in [-0.2, -0.15) is 0 Å². The number of halogens is 2. The van der Waals surface area contributed by atoms with Crippen molar-refractivity contribution in [2.45, 2.75) is 38.8 Å². The van der Waals surface area contributed by atoms with E-state index in [1.807, 2.05) is 13.8 Å². The largest absolute Gasteiger partial charge is 0.350 e. The minimum Gasteiger partial charge on any atom is -0.350 e. The van der Waals surface area contributed by atoms with E-state index in [2.05, 4.69) is 10.3 Å². The predicted molar refractivity (Wildman–Crippen MR) is 119 cm³/mol. The highest BCUT2D eigenvalue weighted by Gasteiger charge is 2.36. The van der Waals surface area contributed by atoms with Crippen molar-refractivity contribution < 1.29 is 14.4 Å². The zero-order valence-corrected chi connectivity index (χ0v) is 18.5. The van der Waals surface area contributed by atoms with Crippen LogP contribution in [0.2, 0.25) is 0 Å².